The van der Waals surface area contributed by atoms with Gasteiger partial charge in [-0.05, 0) is 24.6 Å². The van der Waals surface area contributed by atoms with E-state index in [0.717, 1.165) is 38.3 Å². The van der Waals surface area contributed by atoms with Gasteiger partial charge in [0.05, 0.1) is 19.3 Å². The lowest BCUT2D eigenvalue weighted by atomic mass is 10.1. The number of hydrogen-bond donors (Lipinski definition) is 1. The van der Waals surface area contributed by atoms with Crippen molar-refractivity contribution in [3.05, 3.63) is 53.6 Å². The fourth-order valence-corrected chi connectivity index (χ4v) is 3.28. The zero-order valence-corrected chi connectivity index (χ0v) is 14.1. The van der Waals surface area contributed by atoms with Gasteiger partial charge in [-0.25, -0.2) is 4.39 Å². The highest BCUT2D eigenvalue weighted by Crippen LogP contribution is 2.13. The number of nitrogens with zero attached hydrogens (tertiary/aromatic N) is 4. The molecule has 1 aliphatic rings. The van der Waals surface area contributed by atoms with Crippen molar-refractivity contribution in [1.82, 2.24) is 19.6 Å². The van der Waals surface area contributed by atoms with Crippen molar-refractivity contribution >= 4 is 0 Å². The summed E-state index contributed by atoms with van der Waals surface area (Å²) < 4.78 is 14.8. The second kappa shape index (κ2) is 7.88. The molecule has 6 heteroatoms. The Morgan fingerprint density at radius 1 is 1.17 bits per heavy atom. The van der Waals surface area contributed by atoms with Crippen LogP contribution in [0.25, 0.3) is 0 Å². The second-order valence-electron chi connectivity index (χ2n) is 6.52. The maximum Gasteiger partial charge on any atom is 0.123 e. The van der Waals surface area contributed by atoms with E-state index in [4.69, 9.17) is 5.11 Å². The van der Waals surface area contributed by atoms with Crippen molar-refractivity contribution in [3.8, 4) is 0 Å². The van der Waals surface area contributed by atoms with E-state index in [1.54, 1.807) is 12.1 Å². The Labute approximate surface area is 142 Å². The van der Waals surface area contributed by atoms with E-state index in [1.165, 1.54) is 17.7 Å². The Bertz CT molecular complexity index is 643. The monoisotopic (exact) mass is 332 g/mol. The van der Waals surface area contributed by atoms with Gasteiger partial charge >= 0.3 is 0 Å². The SMILES string of the molecule is C[C@H]1CN(Cc2cnn(Cc3ccc(F)cc3)c2)CCN1CCO. The van der Waals surface area contributed by atoms with Crippen LogP contribution in [0.2, 0.25) is 0 Å². The Morgan fingerprint density at radius 2 is 1.96 bits per heavy atom. The standard InChI is InChI=1S/C18H25FN4O/c1-15-11-21(6-7-22(15)8-9-24)12-17-10-20-23(14-17)13-16-2-4-18(19)5-3-16/h2-5,10,14-15,24H,6-9,11-13H2,1H3/t15-/m0/s1. The van der Waals surface area contributed by atoms with E-state index in [1.807, 2.05) is 10.9 Å². The zero-order valence-electron chi connectivity index (χ0n) is 14.1. The number of aliphatic hydroxyl groups excluding tert-OH is 1. The fraction of sp³-hybridized carbons (Fsp3) is 0.500. The average molecular weight is 332 g/mol. The fourth-order valence-electron chi connectivity index (χ4n) is 3.28. The molecule has 0 bridgehead atoms. The lowest BCUT2D eigenvalue weighted by Gasteiger charge is -2.39. The summed E-state index contributed by atoms with van der Waals surface area (Å²) in [6.45, 7) is 7.73. The first-order valence-corrected chi connectivity index (χ1v) is 8.47. The van der Waals surface area contributed by atoms with Crippen LogP contribution in [0.1, 0.15) is 18.1 Å². The van der Waals surface area contributed by atoms with Gasteiger partial charge in [0.25, 0.3) is 0 Å². The molecule has 1 N–H and O–H groups in total. The molecule has 1 aromatic carbocycles. The van der Waals surface area contributed by atoms with Crippen LogP contribution in [-0.2, 0) is 13.1 Å². The molecule has 1 aliphatic heterocycles. The summed E-state index contributed by atoms with van der Waals surface area (Å²) in [6, 6.07) is 7.00. The number of rotatable bonds is 6. The van der Waals surface area contributed by atoms with Crippen molar-refractivity contribution in [2.45, 2.75) is 26.1 Å². The molecule has 2 heterocycles. The first-order chi connectivity index (χ1) is 11.6. The molecule has 1 aromatic heterocycles. The topological polar surface area (TPSA) is 44.5 Å². The van der Waals surface area contributed by atoms with Gasteiger partial charge in [-0.1, -0.05) is 12.1 Å². The van der Waals surface area contributed by atoms with Gasteiger partial charge in [0.15, 0.2) is 0 Å². The Balaban J connectivity index is 1.54. The number of hydrogen-bond acceptors (Lipinski definition) is 4. The van der Waals surface area contributed by atoms with Gasteiger partial charge in [0.1, 0.15) is 5.82 Å². The molecule has 0 unspecified atom stereocenters. The van der Waals surface area contributed by atoms with E-state index in [2.05, 4.69) is 28.0 Å². The van der Waals surface area contributed by atoms with Crippen LogP contribution < -0.4 is 0 Å². The molecular weight excluding hydrogens is 307 g/mol. The Kier molecular flexibility index (Phi) is 5.60. The van der Waals surface area contributed by atoms with Gasteiger partial charge in [-0.2, -0.15) is 5.10 Å². The summed E-state index contributed by atoms with van der Waals surface area (Å²) in [4.78, 5) is 4.76. The number of piperazine rings is 1. The van der Waals surface area contributed by atoms with Crippen molar-refractivity contribution in [2.75, 3.05) is 32.8 Å². The van der Waals surface area contributed by atoms with Gasteiger partial charge in [-0.15, -0.1) is 0 Å². The molecule has 1 fully saturated rings. The molecule has 1 saturated heterocycles. The lowest BCUT2D eigenvalue weighted by molar-refractivity contribution is 0.0647. The van der Waals surface area contributed by atoms with Crippen LogP contribution in [0.4, 0.5) is 4.39 Å². The number of benzene rings is 1. The molecule has 0 aliphatic carbocycles. The highest BCUT2D eigenvalue weighted by molar-refractivity contribution is 5.17. The van der Waals surface area contributed by atoms with Crippen molar-refractivity contribution in [1.29, 1.82) is 0 Å². The number of aliphatic hydroxyl groups is 1. The summed E-state index contributed by atoms with van der Waals surface area (Å²) >= 11 is 0. The molecule has 5 nitrogen and oxygen atoms in total. The molecule has 0 radical (unpaired) electrons. The molecule has 24 heavy (non-hydrogen) atoms. The minimum absolute atomic E-state index is 0.214. The Morgan fingerprint density at radius 3 is 2.67 bits per heavy atom. The van der Waals surface area contributed by atoms with Crippen molar-refractivity contribution in [3.63, 3.8) is 0 Å². The summed E-state index contributed by atoms with van der Waals surface area (Å²) in [7, 11) is 0. The van der Waals surface area contributed by atoms with E-state index in [-0.39, 0.29) is 12.4 Å². The molecule has 130 valence electrons. The number of halogens is 1. The third-order valence-corrected chi connectivity index (χ3v) is 4.59. The van der Waals surface area contributed by atoms with Gasteiger partial charge in [-0.3, -0.25) is 14.5 Å². The van der Waals surface area contributed by atoms with E-state index in [0.29, 0.717) is 12.6 Å². The van der Waals surface area contributed by atoms with Crippen LogP contribution in [0.5, 0.6) is 0 Å². The number of aromatic nitrogens is 2. The molecule has 0 amide bonds. The molecule has 0 saturated carbocycles. The molecule has 1 atom stereocenters. The highest BCUT2D eigenvalue weighted by Gasteiger charge is 2.23. The molecule has 3 rings (SSSR count). The van der Waals surface area contributed by atoms with Crippen LogP contribution in [0.3, 0.4) is 0 Å². The van der Waals surface area contributed by atoms with Crippen molar-refractivity contribution < 1.29 is 9.50 Å². The maximum atomic E-state index is 13.0. The summed E-state index contributed by atoms with van der Waals surface area (Å²) in [5, 5.41) is 13.5. The minimum Gasteiger partial charge on any atom is -0.395 e. The van der Waals surface area contributed by atoms with Crippen molar-refractivity contribution in [2.24, 2.45) is 0 Å². The second-order valence-corrected chi connectivity index (χ2v) is 6.52. The Hall–Kier alpha value is -1.76. The molecule has 0 spiro atoms. The summed E-state index contributed by atoms with van der Waals surface area (Å²) in [5.74, 6) is -0.214. The average Bonchev–Trinajstić information content (AvgIpc) is 2.99. The van der Waals surface area contributed by atoms with Gasteiger partial charge < -0.3 is 5.11 Å². The normalized spacial score (nSPS) is 19.7. The smallest absolute Gasteiger partial charge is 0.123 e. The highest BCUT2D eigenvalue weighted by atomic mass is 19.1. The van der Waals surface area contributed by atoms with Crippen LogP contribution >= 0.6 is 0 Å². The lowest BCUT2D eigenvalue weighted by Crippen LogP contribution is -2.52. The predicted molar refractivity (Wildman–Crippen MR) is 91.1 cm³/mol. The van der Waals surface area contributed by atoms with Gasteiger partial charge in [0.2, 0.25) is 0 Å². The predicted octanol–water partition coefficient (Wildman–Crippen LogP) is 1.57. The van der Waals surface area contributed by atoms with E-state index >= 15 is 0 Å². The van der Waals surface area contributed by atoms with Crippen LogP contribution in [0, 0.1) is 5.82 Å². The van der Waals surface area contributed by atoms with E-state index < -0.39 is 0 Å². The van der Waals surface area contributed by atoms with E-state index in [9.17, 15) is 4.39 Å². The summed E-state index contributed by atoms with van der Waals surface area (Å²) in [5.41, 5.74) is 2.23. The minimum atomic E-state index is -0.214. The third kappa shape index (κ3) is 4.41. The molecular formula is C18H25FN4O. The largest absolute Gasteiger partial charge is 0.395 e. The first kappa shape index (κ1) is 17.1. The number of β-amino-alcohol motifs (C(OH)–C–C–N with tert-alkyl or cyclic N) is 1. The van der Waals surface area contributed by atoms with Gasteiger partial charge in [0, 0.05) is 50.5 Å². The maximum absolute atomic E-state index is 13.0. The third-order valence-electron chi connectivity index (χ3n) is 4.59. The summed E-state index contributed by atoms with van der Waals surface area (Å²) in [6.07, 6.45) is 3.97. The quantitative estimate of drug-likeness (QED) is 0.872. The first-order valence-electron chi connectivity index (χ1n) is 8.47. The van der Waals surface area contributed by atoms with Crippen LogP contribution in [-0.4, -0.2) is 63.5 Å². The molecule has 2 aromatic rings. The van der Waals surface area contributed by atoms with Crippen LogP contribution in [0.15, 0.2) is 36.7 Å². The zero-order chi connectivity index (χ0) is 16.9.